The molecule has 0 saturated carbocycles. The number of hydrogen-bond donors (Lipinski definition) is 1. The summed E-state index contributed by atoms with van der Waals surface area (Å²) in [5.74, 6) is -2.06. The molecule has 0 aromatic heterocycles. The second kappa shape index (κ2) is 5.10. The van der Waals surface area contributed by atoms with Gasteiger partial charge >= 0.3 is 0 Å². The van der Waals surface area contributed by atoms with Gasteiger partial charge in [-0.2, -0.15) is 0 Å². The largest absolute Gasteiger partial charge is 0.391 e. The number of sulfone groups is 1. The third kappa shape index (κ3) is 3.47. The standard InChI is InChI=1S/C11H14F2O3S/c1-7(17(2,15)16)10(14)6-8-4-3-5-9(12)11(8)13/h3-5,7,10,14H,6H2,1-2H3. The third-order valence-electron chi connectivity index (χ3n) is 2.68. The number of benzene rings is 1. The smallest absolute Gasteiger partial charge is 0.162 e. The molecule has 17 heavy (non-hydrogen) atoms. The van der Waals surface area contributed by atoms with Crippen LogP contribution in [0.4, 0.5) is 8.78 Å². The molecule has 0 aliphatic carbocycles. The minimum atomic E-state index is -3.41. The molecular formula is C11H14F2O3S. The number of rotatable bonds is 4. The molecule has 0 fully saturated rings. The summed E-state index contributed by atoms with van der Waals surface area (Å²) in [6, 6.07) is 3.59. The van der Waals surface area contributed by atoms with Gasteiger partial charge in [0.25, 0.3) is 0 Å². The van der Waals surface area contributed by atoms with Crippen LogP contribution < -0.4 is 0 Å². The van der Waals surface area contributed by atoms with Crippen LogP contribution in [0.15, 0.2) is 18.2 Å². The molecule has 0 saturated heterocycles. The van der Waals surface area contributed by atoms with E-state index in [4.69, 9.17) is 0 Å². The Labute approximate surface area is 99.0 Å². The molecule has 1 rings (SSSR count). The van der Waals surface area contributed by atoms with E-state index in [9.17, 15) is 22.3 Å². The van der Waals surface area contributed by atoms with Crippen molar-refractivity contribution in [1.29, 1.82) is 0 Å². The zero-order valence-corrected chi connectivity index (χ0v) is 10.3. The molecule has 0 bridgehead atoms. The van der Waals surface area contributed by atoms with Crippen LogP contribution in [0.3, 0.4) is 0 Å². The van der Waals surface area contributed by atoms with Crippen molar-refractivity contribution in [2.24, 2.45) is 0 Å². The van der Waals surface area contributed by atoms with E-state index >= 15 is 0 Å². The first-order chi connectivity index (χ1) is 7.73. The fraction of sp³-hybridized carbons (Fsp3) is 0.455. The van der Waals surface area contributed by atoms with Gasteiger partial charge in [0, 0.05) is 12.7 Å². The number of halogens is 2. The number of aliphatic hydroxyl groups excluding tert-OH is 1. The SMILES string of the molecule is CC(C(O)Cc1cccc(F)c1F)S(C)(=O)=O. The van der Waals surface area contributed by atoms with Crippen molar-refractivity contribution in [2.75, 3.05) is 6.26 Å². The highest BCUT2D eigenvalue weighted by molar-refractivity contribution is 7.91. The summed E-state index contributed by atoms with van der Waals surface area (Å²) in [6.45, 7) is 1.33. The summed E-state index contributed by atoms with van der Waals surface area (Å²) < 4.78 is 48.6. The van der Waals surface area contributed by atoms with Crippen LogP contribution in [0.5, 0.6) is 0 Å². The minimum Gasteiger partial charge on any atom is -0.391 e. The minimum absolute atomic E-state index is 0.0343. The second-order valence-corrected chi connectivity index (χ2v) is 6.42. The first-order valence-corrected chi connectivity index (χ1v) is 6.98. The highest BCUT2D eigenvalue weighted by Gasteiger charge is 2.25. The van der Waals surface area contributed by atoms with Crippen LogP contribution in [0.25, 0.3) is 0 Å². The summed E-state index contributed by atoms with van der Waals surface area (Å²) in [4.78, 5) is 0. The normalized spacial score (nSPS) is 15.6. The molecule has 2 atom stereocenters. The maximum atomic E-state index is 13.3. The zero-order valence-electron chi connectivity index (χ0n) is 9.52. The highest BCUT2D eigenvalue weighted by atomic mass is 32.2. The van der Waals surface area contributed by atoms with Gasteiger partial charge in [0.15, 0.2) is 21.5 Å². The Balaban J connectivity index is 2.89. The summed E-state index contributed by atoms with van der Waals surface area (Å²) >= 11 is 0. The lowest BCUT2D eigenvalue weighted by atomic mass is 10.1. The fourth-order valence-electron chi connectivity index (χ4n) is 1.38. The van der Waals surface area contributed by atoms with Gasteiger partial charge in [0.2, 0.25) is 0 Å². The molecule has 0 aliphatic heterocycles. The average Bonchev–Trinajstić information content (AvgIpc) is 2.22. The molecule has 2 unspecified atom stereocenters. The van der Waals surface area contributed by atoms with Crippen LogP contribution in [0.2, 0.25) is 0 Å². The lowest BCUT2D eigenvalue weighted by Crippen LogP contribution is -2.32. The van der Waals surface area contributed by atoms with Gasteiger partial charge in [-0.05, 0) is 18.6 Å². The molecule has 96 valence electrons. The van der Waals surface area contributed by atoms with E-state index in [-0.39, 0.29) is 12.0 Å². The van der Waals surface area contributed by atoms with E-state index < -0.39 is 32.8 Å². The monoisotopic (exact) mass is 264 g/mol. The summed E-state index contributed by atoms with van der Waals surface area (Å²) in [5.41, 5.74) is -0.0343. The van der Waals surface area contributed by atoms with E-state index in [0.717, 1.165) is 12.3 Å². The Kier molecular flexibility index (Phi) is 4.21. The fourth-order valence-corrected chi connectivity index (χ4v) is 2.05. The van der Waals surface area contributed by atoms with Crippen LogP contribution >= 0.6 is 0 Å². The van der Waals surface area contributed by atoms with Crippen molar-refractivity contribution in [3.8, 4) is 0 Å². The topological polar surface area (TPSA) is 54.4 Å². The van der Waals surface area contributed by atoms with E-state index in [1.54, 1.807) is 0 Å². The maximum Gasteiger partial charge on any atom is 0.162 e. The number of hydrogen-bond acceptors (Lipinski definition) is 3. The lowest BCUT2D eigenvalue weighted by molar-refractivity contribution is 0.171. The van der Waals surface area contributed by atoms with Gasteiger partial charge in [-0.25, -0.2) is 17.2 Å². The van der Waals surface area contributed by atoms with Crippen molar-refractivity contribution < 1.29 is 22.3 Å². The van der Waals surface area contributed by atoms with Crippen LogP contribution in [-0.4, -0.2) is 31.1 Å². The molecule has 1 aromatic rings. The van der Waals surface area contributed by atoms with Crippen molar-refractivity contribution in [1.82, 2.24) is 0 Å². The summed E-state index contributed by atoms with van der Waals surface area (Å²) in [7, 11) is -3.41. The van der Waals surface area contributed by atoms with Gasteiger partial charge in [-0.1, -0.05) is 12.1 Å². The van der Waals surface area contributed by atoms with Crippen molar-refractivity contribution in [2.45, 2.75) is 24.7 Å². The average molecular weight is 264 g/mol. The summed E-state index contributed by atoms with van der Waals surface area (Å²) in [6.07, 6.45) is -0.512. The zero-order chi connectivity index (χ0) is 13.2. The van der Waals surface area contributed by atoms with Crippen LogP contribution in [-0.2, 0) is 16.3 Å². The van der Waals surface area contributed by atoms with Gasteiger partial charge < -0.3 is 5.11 Å². The molecule has 1 aromatic carbocycles. The van der Waals surface area contributed by atoms with Crippen LogP contribution in [0.1, 0.15) is 12.5 Å². The molecule has 0 aliphatic rings. The van der Waals surface area contributed by atoms with E-state index in [1.165, 1.54) is 19.1 Å². The van der Waals surface area contributed by atoms with Gasteiger partial charge in [-0.15, -0.1) is 0 Å². The van der Waals surface area contributed by atoms with E-state index in [2.05, 4.69) is 0 Å². The summed E-state index contributed by atoms with van der Waals surface area (Å²) in [5, 5.41) is 8.63. The van der Waals surface area contributed by atoms with E-state index in [1.807, 2.05) is 0 Å². The Morgan fingerprint density at radius 1 is 1.35 bits per heavy atom. The Morgan fingerprint density at radius 3 is 2.47 bits per heavy atom. The molecule has 0 amide bonds. The lowest BCUT2D eigenvalue weighted by Gasteiger charge is -2.17. The second-order valence-electron chi connectivity index (χ2n) is 4.02. The molecule has 6 heteroatoms. The molecule has 0 spiro atoms. The van der Waals surface area contributed by atoms with Gasteiger partial charge in [0.05, 0.1) is 11.4 Å². The number of aliphatic hydroxyl groups is 1. The molecule has 3 nitrogen and oxygen atoms in total. The van der Waals surface area contributed by atoms with Crippen molar-refractivity contribution >= 4 is 9.84 Å². The van der Waals surface area contributed by atoms with Gasteiger partial charge in [0.1, 0.15) is 0 Å². The van der Waals surface area contributed by atoms with Crippen molar-refractivity contribution in [3.05, 3.63) is 35.4 Å². The first kappa shape index (κ1) is 14.1. The molecule has 0 radical (unpaired) electrons. The third-order valence-corrected chi connectivity index (χ3v) is 4.34. The predicted molar refractivity (Wildman–Crippen MR) is 60.4 cm³/mol. The van der Waals surface area contributed by atoms with E-state index in [0.29, 0.717) is 0 Å². The highest BCUT2D eigenvalue weighted by Crippen LogP contribution is 2.16. The van der Waals surface area contributed by atoms with Crippen molar-refractivity contribution in [3.63, 3.8) is 0 Å². The Morgan fingerprint density at radius 2 is 1.94 bits per heavy atom. The van der Waals surface area contributed by atoms with Gasteiger partial charge in [-0.3, -0.25) is 0 Å². The first-order valence-electron chi connectivity index (χ1n) is 5.03. The molecule has 1 N–H and O–H groups in total. The quantitative estimate of drug-likeness (QED) is 0.892. The Bertz CT molecular complexity index is 499. The van der Waals surface area contributed by atoms with Crippen LogP contribution in [0, 0.1) is 11.6 Å². The maximum absolute atomic E-state index is 13.3. The molecular weight excluding hydrogens is 250 g/mol. The Hall–Kier alpha value is -1.01. The predicted octanol–water partition coefficient (Wildman–Crippen LogP) is 1.30. The molecule has 0 heterocycles.